The van der Waals surface area contributed by atoms with Crippen LogP contribution in [0.25, 0.3) is 0 Å². The second kappa shape index (κ2) is 5.50. The molecule has 1 aromatic heterocycles. The van der Waals surface area contributed by atoms with Crippen LogP contribution >= 0.6 is 11.8 Å². The minimum atomic E-state index is -0.506. The van der Waals surface area contributed by atoms with Gasteiger partial charge < -0.3 is 20.4 Å². The average molecular weight is 243 g/mol. The van der Waals surface area contributed by atoms with Crippen LogP contribution in [0.1, 0.15) is 12.2 Å². The molecule has 0 aliphatic rings. The van der Waals surface area contributed by atoms with Crippen LogP contribution in [-0.2, 0) is 6.54 Å². The van der Waals surface area contributed by atoms with Gasteiger partial charge in [0.15, 0.2) is 5.17 Å². The van der Waals surface area contributed by atoms with E-state index in [9.17, 15) is 10.1 Å². The lowest BCUT2D eigenvalue weighted by molar-refractivity contribution is -0.389. The first-order valence-electron chi connectivity index (χ1n) is 4.65. The van der Waals surface area contributed by atoms with Gasteiger partial charge in [0.1, 0.15) is 6.20 Å². The molecule has 0 aromatic carbocycles. The quantitative estimate of drug-likeness (QED) is 0.264. The van der Waals surface area contributed by atoms with Gasteiger partial charge in [-0.25, -0.2) is 0 Å². The smallest absolute Gasteiger partial charge is 0.379 e. The van der Waals surface area contributed by atoms with E-state index in [1.807, 2.05) is 0 Å². The zero-order valence-corrected chi connectivity index (χ0v) is 9.66. The predicted octanol–water partition coefficient (Wildman–Crippen LogP) is 1.12. The number of aromatic nitrogens is 2. The third kappa shape index (κ3) is 3.54. The molecule has 0 atom stereocenters. The molecule has 7 nitrogen and oxygen atoms in total. The standard InChI is InChI=1S/C8H13N5O2S/c1-6-11-7(13(14)15)5-12(6)3-2-4-16-8(9)10/h5H,2-4H2,1H3,(H3,9,10). The summed E-state index contributed by atoms with van der Waals surface area (Å²) in [5.74, 6) is 1.22. The molecule has 1 rings (SSSR count). The van der Waals surface area contributed by atoms with E-state index in [0.29, 0.717) is 12.4 Å². The first-order chi connectivity index (χ1) is 7.50. The van der Waals surface area contributed by atoms with Gasteiger partial charge in [-0.15, -0.1) is 0 Å². The summed E-state index contributed by atoms with van der Waals surface area (Å²) in [6.07, 6.45) is 2.21. The number of amidine groups is 1. The Morgan fingerprint density at radius 1 is 1.81 bits per heavy atom. The molecule has 0 radical (unpaired) electrons. The molecule has 0 spiro atoms. The number of thioether (sulfide) groups is 1. The summed E-state index contributed by atoms with van der Waals surface area (Å²) in [7, 11) is 0. The Morgan fingerprint density at radius 2 is 2.50 bits per heavy atom. The molecule has 0 bridgehead atoms. The summed E-state index contributed by atoms with van der Waals surface area (Å²) in [6.45, 7) is 2.37. The molecule has 16 heavy (non-hydrogen) atoms. The summed E-state index contributed by atoms with van der Waals surface area (Å²) < 4.78 is 1.73. The van der Waals surface area contributed by atoms with Gasteiger partial charge in [0, 0.05) is 19.2 Å². The molecule has 0 saturated carbocycles. The number of hydrogen-bond acceptors (Lipinski definition) is 5. The van der Waals surface area contributed by atoms with Crippen molar-refractivity contribution in [3.63, 3.8) is 0 Å². The van der Waals surface area contributed by atoms with E-state index in [1.165, 1.54) is 18.0 Å². The van der Waals surface area contributed by atoms with Crippen molar-refractivity contribution in [2.24, 2.45) is 5.73 Å². The number of rotatable bonds is 5. The Hall–Kier alpha value is -1.57. The molecule has 0 aliphatic heterocycles. The van der Waals surface area contributed by atoms with Gasteiger partial charge in [-0.1, -0.05) is 11.8 Å². The summed E-state index contributed by atoms with van der Waals surface area (Å²) in [4.78, 5) is 13.8. The molecule has 1 aromatic rings. The van der Waals surface area contributed by atoms with E-state index in [1.54, 1.807) is 11.5 Å². The van der Waals surface area contributed by atoms with Crippen molar-refractivity contribution in [1.29, 1.82) is 5.41 Å². The summed E-state index contributed by atoms with van der Waals surface area (Å²) in [5, 5.41) is 17.6. The van der Waals surface area contributed by atoms with Crippen LogP contribution in [0.15, 0.2) is 6.20 Å². The summed E-state index contributed by atoms with van der Waals surface area (Å²) in [5.41, 5.74) is 5.18. The molecule has 0 saturated heterocycles. The van der Waals surface area contributed by atoms with E-state index >= 15 is 0 Å². The highest BCUT2D eigenvalue weighted by atomic mass is 32.2. The average Bonchev–Trinajstić information content (AvgIpc) is 2.55. The monoisotopic (exact) mass is 243 g/mol. The molecular formula is C8H13N5O2S. The van der Waals surface area contributed by atoms with Crippen molar-refractivity contribution in [2.45, 2.75) is 19.9 Å². The summed E-state index contributed by atoms with van der Waals surface area (Å²) in [6, 6.07) is 0. The lowest BCUT2D eigenvalue weighted by Gasteiger charge is -2.01. The third-order valence-corrected chi connectivity index (χ3v) is 2.76. The predicted molar refractivity (Wildman–Crippen MR) is 62.6 cm³/mol. The van der Waals surface area contributed by atoms with Crippen molar-refractivity contribution in [3.8, 4) is 0 Å². The van der Waals surface area contributed by atoms with Crippen LogP contribution in [-0.4, -0.2) is 25.4 Å². The number of nitrogens with zero attached hydrogens (tertiary/aromatic N) is 3. The minimum absolute atomic E-state index is 0.0910. The topological polar surface area (TPSA) is 111 Å². The Balaban J connectivity index is 2.47. The Labute approximate surface area is 96.7 Å². The van der Waals surface area contributed by atoms with Gasteiger partial charge in [-0.05, 0) is 16.3 Å². The minimum Gasteiger partial charge on any atom is -0.379 e. The van der Waals surface area contributed by atoms with Crippen LogP contribution in [0.2, 0.25) is 0 Å². The van der Waals surface area contributed by atoms with Gasteiger partial charge in [-0.2, -0.15) is 0 Å². The molecule has 0 aliphatic carbocycles. The molecule has 1 heterocycles. The second-order valence-electron chi connectivity index (χ2n) is 3.16. The molecule has 0 unspecified atom stereocenters. The van der Waals surface area contributed by atoms with E-state index in [-0.39, 0.29) is 11.0 Å². The molecule has 0 amide bonds. The number of nitro groups is 1. The lowest BCUT2D eigenvalue weighted by Crippen LogP contribution is -2.06. The lowest BCUT2D eigenvalue weighted by atomic mass is 10.4. The Kier molecular flexibility index (Phi) is 4.29. The number of hydrogen-bond donors (Lipinski definition) is 2. The zero-order chi connectivity index (χ0) is 12.1. The van der Waals surface area contributed by atoms with Gasteiger partial charge in [-0.3, -0.25) is 5.41 Å². The van der Waals surface area contributed by atoms with Crippen molar-refractivity contribution >= 4 is 22.7 Å². The van der Waals surface area contributed by atoms with Crippen LogP contribution in [0, 0.1) is 22.4 Å². The van der Waals surface area contributed by atoms with E-state index < -0.39 is 4.92 Å². The maximum atomic E-state index is 10.5. The Bertz CT molecular complexity index is 403. The molecule has 88 valence electrons. The third-order valence-electron chi connectivity index (χ3n) is 1.95. The highest BCUT2D eigenvalue weighted by molar-refractivity contribution is 8.13. The molecular weight excluding hydrogens is 230 g/mol. The fourth-order valence-corrected chi connectivity index (χ4v) is 1.72. The Morgan fingerprint density at radius 3 is 3.00 bits per heavy atom. The van der Waals surface area contributed by atoms with Crippen molar-refractivity contribution < 1.29 is 4.92 Å². The van der Waals surface area contributed by atoms with Gasteiger partial charge in [0.2, 0.25) is 5.82 Å². The maximum Gasteiger partial charge on any atom is 0.381 e. The fraction of sp³-hybridized carbons (Fsp3) is 0.500. The second-order valence-corrected chi connectivity index (χ2v) is 4.30. The molecule has 8 heteroatoms. The molecule has 3 N–H and O–H groups in total. The summed E-state index contributed by atoms with van der Waals surface area (Å²) >= 11 is 1.26. The highest BCUT2D eigenvalue weighted by Gasteiger charge is 2.14. The highest BCUT2D eigenvalue weighted by Crippen LogP contribution is 2.11. The molecule has 0 fully saturated rings. The van der Waals surface area contributed by atoms with Crippen molar-refractivity contribution in [2.75, 3.05) is 5.75 Å². The number of aryl methyl sites for hydroxylation is 2. The first-order valence-corrected chi connectivity index (χ1v) is 5.64. The van der Waals surface area contributed by atoms with E-state index in [0.717, 1.165) is 12.2 Å². The van der Waals surface area contributed by atoms with Crippen LogP contribution in [0.5, 0.6) is 0 Å². The van der Waals surface area contributed by atoms with Crippen LogP contribution in [0.3, 0.4) is 0 Å². The van der Waals surface area contributed by atoms with E-state index in [2.05, 4.69) is 4.98 Å². The van der Waals surface area contributed by atoms with Gasteiger partial charge >= 0.3 is 5.82 Å². The fourth-order valence-electron chi connectivity index (χ4n) is 1.22. The SMILES string of the molecule is Cc1nc([N+](=O)[O-])cn1CCCSC(=N)N. The zero-order valence-electron chi connectivity index (χ0n) is 8.84. The number of imidazole rings is 1. The number of nitrogens with two attached hydrogens (primary N) is 1. The maximum absolute atomic E-state index is 10.5. The van der Waals surface area contributed by atoms with Gasteiger partial charge in [0.25, 0.3) is 0 Å². The van der Waals surface area contributed by atoms with Gasteiger partial charge in [0.05, 0.1) is 0 Å². The van der Waals surface area contributed by atoms with Crippen molar-refractivity contribution in [3.05, 3.63) is 22.1 Å². The largest absolute Gasteiger partial charge is 0.381 e. The van der Waals surface area contributed by atoms with Crippen LogP contribution < -0.4 is 5.73 Å². The number of nitrogens with one attached hydrogen (secondary N) is 1. The van der Waals surface area contributed by atoms with E-state index in [4.69, 9.17) is 11.1 Å². The van der Waals surface area contributed by atoms with Crippen LogP contribution in [0.4, 0.5) is 5.82 Å². The van der Waals surface area contributed by atoms with Crippen molar-refractivity contribution in [1.82, 2.24) is 9.55 Å². The first kappa shape index (κ1) is 12.5. The normalized spacial score (nSPS) is 10.3.